The lowest BCUT2D eigenvalue weighted by Crippen LogP contribution is -2.34. The number of fused-ring (bicyclic) bond motifs is 2. The summed E-state index contributed by atoms with van der Waals surface area (Å²) in [6.07, 6.45) is 5.42. The highest BCUT2D eigenvalue weighted by Gasteiger charge is 2.48. The molecule has 0 aliphatic heterocycles. The number of halogens is 1. The van der Waals surface area contributed by atoms with Gasteiger partial charge in [-0.1, -0.05) is 5.16 Å². The number of nitrogens with two attached hydrogens (primary N) is 1. The van der Waals surface area contributed by atoms with Crippen molar-refractivity contribution in [2.75, 3.05) is 0 Å². The second-order valence-corrected chi connectivity index (χ2v) is 6.67. The van der Waals surface area contributed by atoms with Crippen LogP contribution in [0.15, 0.2) is 27.3 Å². The predicted octanol–water partition coefficient (Wildman–Crippen LogP) is 2.73. The van der Waals surface area contributed by atoms with Crippen molar-refractivity contribution in [3.05, 3.63) is 28.7 Å². The Balaban J connectivity index is 1.64. The summed E-state index contributed by atoms with van der Waals surface area (Å²) < 4.78 is 6.39. The molecule has 20 heavy (non-hydrogen) atoms. The molecule has 104 valence electrons. The highest BCUT2D eigenvalue weighted by atomic mass is 79.9. The highest BCUT2D eigenvalue weighted by molar-refractivity contribution is 9.10. The van der Waals surface area contributed by atoms with Crippen molar-refractivity contribution in [2.24, 2.45) is 17.6 Å². The van der Waals surface area contributed by atoms with Crippen LogP contribution in [-0.4, -0.2) is 21.2 Å². The number of rotatable bonds is 2. The average Bonchev–Trinajstić information content (AvgIpc) is 3.14. The lowest BCUT2D eigenvalue weighted by atomic mass is 9.85. The highest BCUT2D eigenvalue weighted by Crippen LogP contribution is 2.51. The van der Waals surface area contributed by atoms with Crippen molar-refractivity contribution in [3.8, 4) is 11.5 Å². The Morgan fingerprint density at radius 3 is 2.80 bits per heavy atom. The van der Waals surface area contributed by atoms with Gasteiger partial charge in [-0.15, -0.1) is 0 Å². The van der Waals surface area contributed by atoms with Gasteiger partial charge in [-0.05, 0) is 59.2 Å². The van der Waals surface area contributed by atoms with Crippen molar-refractivity contribution in [1.29, 1.82) is 0 Å². The third kappa shape index (κ3) is 1.90. The minimum absolute atomic E-state index is 0.167. The van der Waals surface area contributed by atoms with Crippen LogP contribution in [0.3, 0.4) is 0 Å². The zero-order chi connectivity index (χ0) is 13.7. The lowest BCUT2D eigenvalue weighted by molar-refractivity contribution is 0.279. The van der Waals surface area contributed by atoms with Gasteiger partial charge in [0.25, 0.3) is 0 Å². The third-order valence-electron chi connectivity index (χ3n) is 4.66. The van der Waals surface area contributed by atoms with E-state index in [0.717, 1.165) is 10.2 Å². The standard InChI is InChI=1S/C14H15BrN4O/c15-9-3-4-10(17-6-9)13-18-14(20-19-13)11-7-1-2-8(5-7)12(11)16/h3-4,6-8,11-12H,1-2,5,16H2. The molecule has 2 bridgehead atoms. The summed E-state index contributed by atoms with van der Waals surface area (Å²) in [4.78, 5) is 8.82. The first-order chi connectivity index (χ1) is 9.72. The Morgan fingerprint density at radius 2 is 2.10 bits per heavy atom. The predicted molar refractivity (Wildman–Crippen MR) is 76.8 cm³/mol. The molecule has 0 aromatic carbocycles. The molecule has 2 saturated carbocycles. The molecule has 0 radical (unpaired) electrons. The van der Waals surface area contributed by atoms with E-state index in [1.807, 2.05) is 12.1 Å². The fourth-order valence-electron chi connectivity index (χ4n) is 3.68. The molecule has 0 spiro atoms. The van der Waals surface area contributed by atoms with E-state index in [1.165, 1.54) is 19.3 Å². The summed E-state index contributed by atoms with van der Waals surface area (Å²) in [5.41, 5.74) is 7.04. The molecule has 5 nitrogen and oxygen atoms in total. The van der Waals surface area contributed by atoms with Crippen molar-refractivity contribution < 1.29 is 4.52 Å². The first kappa shape index (κ1) is 12.5. The molecule has 4 rings (SSSR count). The summed E-state index contributed by atoms with van der Waals surface area (Å²) in [5, 5.41) is 4.06. The number of aromatic nitrogens is 3. The minimum atomic E-state index is 0.167. The van der Waals surface area contributed by atoms with Gasteiger partial charge in [-0.2, -0.15) is 4.98 Å². The Bertz CT molecular complexity index is 624. The zero-order valence-corrected chi connectivity index (χ0v) is 12.5. The monoisotopic (exact) mass is 334 g/mol. The van der Waals surface area contributed by atoms with Crippen LogP contribution in [0.5, 0.6) is 0 Å². The van der Waals surface area contributed by atoms with Crippen molar-refractivity contribution in [3.63, 3.8) is 0 Å². The van der Waals surface area contributed by atoms with Gasteiger partial charge in [0, 0.05) is 16.7 Å². The van der Waals surface area contributed by atoms with E-state index in [0.29, 0.717) is 23.6 Å². The number of nitrogens with zero attached hydrogens (tertiary/aromatic N) is 3. The van der Waals surface area contributed by atoms with Gasteiger partial charge in [0.05, 0.1) is 5.92 Å². The van der Waals surface area contributed by atoms with Crippen LogP contribution in [0.1, 0.15) is 31.1 Å². The van der Waals surface area contributed by atoms with Gasteiger partial charge < -0.3 is 10.3 Å². The first-order valence-corrected chi connectivity index (χ1v) is 7.73. The molecule has 2 aromatic rings. The van der Waals surface area contributed by atoms with Gasteiger partial charge in [-0.25, -0.2) is 0 Å². The summed E-state index contributed by atoms with van der Waals surface area (Å²) in [6, 6.07) is 3.96. The average molecular weight is 335 g/mol. The quantitative estimate of drug-likeness (QED) is 0.913. The fraction of sp³-hybridized carbons (Fsp3) is 0.500. The largest absolute Gasteiger partial charge is 0.339 e. The maximum atomic E-state index is 6.31. The summed E-state index contributed by atoms with van der Waals surface area (Å²) in [6.45, 7) is 0. The van der Waals surface area contributed by atoms with Crippen LogP contribution in [0.4, 0.5) is 0 Å². The molecule has 2 aromatic heterocycles. The summed E-state index contributed by atoms with van der Waals surface area (Å²) in [7, 11) is 0. The molecule has 0 saturated heterocycles. The minimum Gasteiger partial charge on any atom is -0.339 e. The maximum Gasteiger partial charge on any atom is 0.231 e. The molecule has 0 amide bonds. The van der Waals surface area contributed by atoms with Gasteiger partial charge in [0.1, 0.15) is 5.69 Å². The summed E-state index contributed by atoms with van der Waals surface area (Å²) >= 11 is 3.36. The molecule has 4 unspecified atom stereocenters. The Morgan fingerprint density at radius 1 is 1.25 bits per heavy atom. The van der Waals surface area contributed by atoms with E-state index in [-0.39, 0.29) is 12.0 Å². The van der Waals surface area contributed by atoms with Gasteiger partial charge in [-0.3, -0.25) is 4.98 Å². The number of hydrogen-bond acceptors (Lipinski definition) is 5. The molecule has 2 N–H and O–H groups in total. The van der Waals surface area contributed by atoms with Crippen LogP contribution >= 0.6 is 15.9 Å². The normalized spacial score (nSPS) is 31.9. The SMILES string of the molecule is NC1C2CCC(C2)C1c1nc(-c2ccc(Br)cn2)no1. The maximum absolute atomic E-state index is 6.31. The van der Waals surface area contributed by atoms with Crippen molar-refractivity contribution in [1.82, 2.24) is 15.1 Å². The molecular formula is C14H15BrN4O. The Hall–Kier alpha value is -1.27. The van der Waals surface area contributed by atoms with Gasteiger partial charge >= 0.3 is 0 Å². The smallest absolute Gasteiger partial charge is 0.231 e. The van der Waals surface area contributed by atoms with Gasteiger partial charge in [0.2, 0.25) is 11.7 Å². The Kier molecular flexibility index (Phi) is 2.89. The molecule has 2 fully saturated rings. The summed E-state index contributed by atoms with van der Waals surface area (Å²) in [5.74, 6) is 2.70. The molecule has 4 atom stereocenters. The van der Waals surface area contributed by atoms with Crippen molar-refractivity contribution in [2.45, 2.75) is 31.2 Å². The molecule has 2 aliphatic rings. The van der Waals surface area contributed by atoms with E-state index >= 15 is 0 Å². The molecular weight excluding hydrogens is 320 g/mol. The number of hydrogen-bond donors (Lipinski definition) is 1. The second kappa shape index (κ2) is 4.63. The van der Waals surface area contributed by atoms with E-state index in [4.69, 9.17) is 10.3 Å². The van der Waals surface area contributed by atoms with E-state index in [9.17, 15) is 0 Å². The van der Waals surface area contributed by atoms with E-state index in [2.05, 4.69) is 31.1 Å². The fourth-order valence-corrected chi connectivity index (χ4v) is 3.92. The zero-order valence-electron chi connectivity index (χ0n) is 10.9. The van der Waals surface area contributed by atoms with Crippen LogP contribution < -0.4 is 5.73 Å². The molecule has 2 aliphatic carbocycles. The van der Waals surface area contributed by atoms with Crippen LogP contribution in [0, 0.1) is 11.8 Å². The molecule has 2 heterocycles. The van der Waals surface area contributed by atoms with Gasteiger partial charge in [0.15, 0.2) is 0 Å². The topological polar surface area (TPSA) is 77.8 Å². The van der Waals surface area contributed by atoms with E-state index in [1.54, 1.807) is 6.20 Å². The van der Waals surface area contributed by atoms with E-state index < -0.39 is 0 Å². The van der Waals surface area contributed by atoms with Crippen LogP contribution in [0.2, 0.25) is 0 Å². The van der Waals surface area contributed by atoms with Crippen LogP contribution in [0.25, 0.3) is 11.5 Å². The first-order valence-electron chi connectivity index (χ1n) is 6.93. The Labute approximate surface area is 125 Å². The second-order valence-electron chi connectivity index (χ2n) is 5.75. The van der Waals surface area contributed by atoms with Crippen LogP contribution in [-0.2, 0) is 0 Å². The number of pyridine rings is 1. The molecule has 6 heteroatoms. The third-order valence-corrected chi connectivity index (χ3v) is 5.13. The lowest BCUT2D eigenvalue weighted by Gasteiger charge is -2.24. The van der Waals surface area contributed by atoms with Crippen molar-refractivity contribution >= 4 is 15.9 Å².